The third kappa shape index (κ3) is 4.46. The Labute approximate surface area is 197 Å². The highest BCUT2D eigenvalue weighted by Gasteiger charge is 2.19. The predicted octanol–water partition coefficient (Wildman–Crippen LogP) is 3.93. The third-order valence-corrected chi connectivity index (χ3v) is 6.04. The number of carboxylic acid groups (broad SMARTS) is 1. The summed E-state index contributed by atoms with van der Waals surface area (Å²) in [5.74, 6) is -0.687. The Bertz CT molecular complexity index is 1510. The number of hydrogen-bond acceptors (Lipinski definition) is 3. The van der Waals surface area contributed by atoms with E-state index in [-0.39, 0.29) is 23.6 Å². The zero-order valence-electron chi connectivity index (χ0n) is 19.7. The number of carbonyl (C=O) groups is 1. The molecule has 0 aliphatic heterocycles. The molecule has 0 spiro atoms. The Balaban J connectivity index is 1.93. The Morgan fingerprint density at radius 2 is 1.79 bits per heavy atom. The van der Waals surface area contributed by atoms with Gasteiger partial charge in [-0.15, -0.1) is 0 Å². The quantitative estimate of drug-likeness (QED) is 0.405. The van der Waals surface area contributed by atoms with E-state index in [2.05, 4.69) is 24.3 Å². The van der Waals surface area contributed by atoms with Crippen molar-refractivity contribution in [3.63, 3.8) is 0 Å². The largest absolute Gasteiger partial charge is 0.481 e. The lowest BCUT2D eigenvalue weighted by Gasteiger charge is -2.12. The molecule has 0 radical (unpaired) electrons. The zero-order valence-corrected chi connectivity index (χ0v) is 19.7. The molecule has 2 aromatic carbocycles. The van der Waals surface area contributed by atoms with Gasteiger partial charge in [-0.05, 0) is 22.3 Å². The predicted molar refractivity (Wildman–Crippen MR) is 134 cm³/mol. The van der Waals surface area contributed by atoms with Gasteiger partial charge in [0, 0.05) is 38.4 Å². The second-order valence-corrected chi connectivity index (χ2v) is 9.03. The van der Waals surface area contributed by atoms with Gasteiger partial charge < -0.3 is 9.67 Å². The van der Waals surface area contributed by atoms with Gasteiger partial charge in [0.1, 0.15) is 0 Å². The number of fused-ring (bicyclic) bond motifs is 2. The topological polar surface area (TPSA) is 86.2 Å². The Hall–Kier alpha value is -3.87. The molecule has 2 heterocycles. The van der Waals surface area contributed by atoms with Crippen molar-refractivity contribution in [3.05, 3.63) is 92.9 Å². The molecule has 0 saturated carbocycles. The Morgan fingerprint density at radius 3 is 2.53 bits per heavy atom. The van der Waals surface area contributed by atoms with Crippen LogP contribution in [-0.2, 0) is 31.4 Å². The van der Waals surface area contributed by atoms with E-state index in [1.54, 1.807) is 16.7 Å². The van der Waals surface area contributed by atoms with Crippen LogP contribution >= 0.6 is 0 Å². The van der Waals surface area contributed by atoms with Crippen LogP contribution in [0.3, 0.4) is 0 Å². The van der Waals surface area contributed by atoms with Crippen LogP contribution in [-0.4, -0.2) is 24.8 Å². The van der Waals surface area contributed by atoms with Crippen molar-refractivity contribution in [1.82, 2.24) is 13.7 Å². The van der Waals surface area contributed by atoms with E-state index in [4.69, 9.17) is 5.11 Å². The first-order valence-electron chi connectivity index (χ1n) is 11.4. The van der Waals surface area contributed by atoms with Gasteiger partial charge in [-0.2, -0.15) is 0 Å². The lowest BCUT2D eigenvalue weighted by Crippen LogP contribution is -2.38. The van der Waals surface area contributed by atoms with Crippen molar-refractivity contribution in [2.45, 2.75) is 39.8 Å². The van der Waals surface area contributed by atoms with Gasteiger partial charge in [0.15, 0.2) is 0 Å². The summed E-state index contributed by atoms with van der Waals surface area (Å²) in [6, 6.07) is 14.3. The average molecular weight is 460 g/mol. The van der Waals surface area contributed by atoms with Crippen LogP contribution in [0.25, 0.3) is 21.7 Å². The lowest BCUT2D eigenvalue weighted by atomic mass is 10.0. The lowest BCUT2D eigenvalue weighted by molar-refractivity contribution is -0.136. The number of hydrogen-bond donors (Lipinski definition) is 1. The monoisotopic (exact) mass is 459 g/mol. The van der Waals surface area contributed by atoms with Gasteiger partial charge in [-0.1, -0.05) is 68.5 Å². The Kier molecular flexibility index (Phi) is 6.54. The van der Waals surface area contributed by atoms with E-state index in [0.29, 0.717) is 30.4 Å². The summed E-state index contributed by atoms with van der Waals surface area (Å²) in [4.78, 5) is 37.2. The molecule has 2 aromatic heterocycles. The van der Waals surface area contributed by atoms with Crippen LogP contribution in [0.15, 0.2) is 70.4 Å². The molecule has 0 bridgehead atoms. The maximum absolute atomic E-state index is 13.2. The van der Waals surface area contributed by atoms with Crippen LogP contribution in [0.1, 0.15) is 31.5 Å². The van der Waals surface area contributed by atoms with Gasteiger partial charge in [0.05, 0.1) is 17.3 Å². The molecule has 4 aromatic rings. The maximum Gasteiger partial charge on any atom is 0.331 e. The molecule has 34 heavy (non-hydrogen) atoms. The molecule has 0 unspecified atom stereocenters. The number of rotatable bonds is 8. The molecule has 0 aliphatic carbocycles. The number of aromatic nitrogens is 3. The molecule has 7 heteroatoms. The van der Waals surface area contributed by atoms with Gasteiger partial charge in [-0.25, -0.2) is 4.79 Å². The highest BCUT2D eigenvalue weighted by atomic mass is 16.4. The number of nitrogens with zero attached hydrogens (tertiary/aromatic N) is 3. The minimum absolute atomic E-state index is 0.0853. The molecule has 0 amide bonds. The van der Waals surface area contributed by atoms with Crippen LogP contribution in [0.2, 0.25) is 0 Å². The second kappa shape index (κ2) is 9.55. The third-order valence-electron chi connectivity index (χ3n) is 6.04. The fraction of sp³-hybridized carbons (Fsp3) is 0.296. The van der Waals surface area contributed by atoms with E-state index in [0.717, 1.165) is 26.6 Å². The van der Waals surface area contributed by atoms with Gasteiger partial charge in [0.2, 0.25) is 0 Å². The SMILES string of the molecule is CC(C)Cn1c(=O)n(C)c(=O)c2c(CC=CCC(=O)O)n(Cc3cccc4ccccc34)cc21. The number of carboxylic acids is 1. The zero-order chi connectivity index (χ0) is 24.4. The van der Waals surface area contributed by atoms with Crippen molar-refractivity contribution in [2.75, 3.05) is 0 Å². The summed E-state index contributed by atoms with van der Waals surface area (Å²) in [5.41, 5.74) is 1.81. The second-order valence-electron chi connectivity index (χ2n) is 9.03. The van der Waals surface area contributed by atoms with Crippen LogP contribution < -0.4 is 11.2 Å². The molecule has 0 fully saturated rings. The number of aliphatic carboxylic acids is 1. The fourth-order valence-corrected chi connectivity index (χ4v) is 4.45. The van der Waals surface area contributed by atoms with Gasteiger partial charge in [0.25, 0.3) is 5.56 Å². The first kappa shape index (κ1) is 23.3. The first-order chi connectivity index (χ1) is 16.3. The first-order valence-corrected chi connectivity index (χ1v) is 11.4. The molecule has 0 saturated heterocycles. The minimum atomic E-state index is -0.908. The molecule has 7 nitrogen and oxygen atoms in total. The van der Waals surface area contributed by atoms with Crippen molar-refractivity contribution in [1.29, 1.82) is 0 Å². The highest BCUT2D eigenvalue weighted by Crippen LogP contribution is 2.24. The van der Waals surface area contributed by atoms with Gasteiger partial charge in [-0.3, -0.25) is 18.7 Å². The van der Waals surface area contributed by atoms with E-state index in [9.17, 15) is 14.4 Å². The molecule has 176 valence electrons. The summed E-state index contributed by atoms with van der Waals surface area (Å²) >= 11 is 0. The van der Waals surface area contributed by atoms with Crippen LogP contribution in [0.4, 0.5) is 0 Å². The highest BCUT2D eigenvalue weighted by molar-refractivity contribution is 5.86. The summed E-state index contributed by atoms with van der Waals surface area (Å²) < 4.78 is 4.86. The van der Waals surface area contributed by atoms with E-state index in [1.165, 1.54) is 7.05 Å². The number of allylic oxidation sites excluding steroid dienone is 1. The van der Waals surface area contributed by atoms with Crippen molar-refractivity contribution >= 4 is 27.6 Å². The smallest absolute Gasteiger partial charge is 0.331 e. The molecular weight excluding hydrogens is 430 g/mol. The van der Waals surface area contributed by atoms with E-state index in [1.807, 2.05) is 42.8 Å². The van der Waals surface area contributed by atoms with E-state index >= 15 is 0 Å². The molecule has 0 aliphatic rings. The minimum Gasteiger partial charge on any atom is -0.481 e. The summed E-state index contributed by atoms with van der Waals surface area (Å²) in [6.07, 6.45) is 5.56. The van der Waals surface area contributed by atoms with Crippen LogP contribution in [0, 0.1) is 5.92 Å². The fourth-order valence-electron chi connectivity index (χ4n) is 4.45. The van der Waals surface area contributed by atoms with Crippen molar-refractivity contribution < 1.29 is 9.90 Å². The molecule has 0 atom stereocenters. The maximum atomic E-state index is 13.2. The normalized spacial score (nSPS) is 11.9. The molecule has 4 rings (SSSR count). The van der Waals surface area contributed by atoms with Crippen molar-refractivity contribution in [3.8, 4) is 0 Å². The number of benzene rings is 2. The summed E-state index contributed by atoms with van der Waals surface area (Å²) in [5, 5.41) is 11.7. The van der Waals surface area contributed by atoms with Crippen LogP contribution in [0.5, 0.6) is 0 Å². The Morgan fingerprint density at radius 1 is 1.06 bits per heavy atom. The van der Waals surface area contributed by atoms with Crippen molar-refractivity contribution in [2.24, 2.45) is 13.0 Å². The standard InChI is InChI=1S/C27H29N3O4/c1-18(2)15-30-23-17-29(16-20-11-8-10-19-9-4-5-12-21(19)20)22(13-6-7-14-24(31)32)25(23)26(33)28(3)27(30)34/h4-12,17-18H,13-16H2,1-3H3,(H,31,32). The molecule has 1 N–H and O–H groups in total. The van der Waals surface area contributed by atoms with Gasteiger partial charge >= 0.3 is 11.7 Å². The van der Waals surface area contributed by atoms with E-state index < -0.39 is 5.97 Å². The summed E-state index contributed by atoms with van der Waals surface area (Å²) in [7, 11) is 1.51. The molecular formula is C27H29N3O4. The average Bonchev–Trinajstić information content (AvgIpc) is 3.16. The summed E-state index contributed by atoms with van der Waals surface area (Å²) in [6.45, 7) is 5.09.